The summed E-state index contributed by atoms with van der Waals surface area (Å²) in [6, 6.07) is 18.1. The summed E-state index contributed by atoms with van der Waals surface area (Å²) in [5.74, 6) is 1.00. The molecule has 23 heavy (non-hydrogen) atoms. The quantitative estimate of drug-likeness (QED) is 0.787. The summed E-state index contributed by atoms with van der Waals surface area (Å²) in [5.41, 5.74) is 3.10. The summed E-state index contributed by atoms with van der Waals surface area (Å²) in [7, 11) is 0. The van der Waals surface area contributed by atoms with Gasteiger partial charge in [0.1, 0.15) is 0 Å². The Morgan fingerprint density at radius 2 is 1.78 bits per heavy atom. The van der Waals surface area contributed by atoms with Gasteiger partial charge in [0.15, 0.2) is 0 Å². The van der Waals surface area contributed by atoms with Crippen molar-refractivity contribution in [3.8, 4) is 11.5 Å². The van der Waals surface area contributed by atoms with E-state index in [4.69, 9.17) is 4.52 Å². The first-order chi connectivity index (χ1) is 11.4. The third-order valence-corrected chi connectivity index (χ3v) is 4.02. The van der Waals surface area contributed by atoms with E-state index in [2.05, 4.69) is 32.5 Å². The summed E-state index contributed by atoms with van der Waals surface area (Å²) in [4.78, 5) is 6.83. The van der Waals surface area contributed by atoms with Crippen LogP contribution in [-0.4, -0.2) is 23.2 Å². The van der Waals surface area contributed by atoms with Crippen molar-refractivity contribution in [1.82, 2.24) is 10.1 Å². The average molecular weight is 306 g/mol. The number of nitrogens with one attached hydrogen (secondary N) is 1. The number of rotatable bonds is 4. The second kappa shape index (κ2) is 6.12. The van der Waals surface area contributed by atoms with Gasteiger partial charge in [0, 0.05) is 30.0 Å². The monoisotopic (exact) mass is 306 g/mol. The Hall–Kier alpha value is -2.82. The van der Waals surface area contributed by atoms with Crippen molar-refractivity contribution < 1.29 is 4.52 Å². The number of para-hydroxylation sites is 1. The fourth-order valence-electron chi connectivity index (χ4n) is 2.85. The molecule has 1 aliphatic rings. The second-order valence-corrected chi connectivity index (χ2v) is 5.66. The number of hydrogen-bond donors (Lipinski definition) is 1. The Labute approximate surface area is 134 Å². The normalized spacial score (nSPS) is 14.2. The zero-order valence-corrected chi connectivity index (χ0v) is 12.8. The van der Waals surface area contributed by atoms with Crippen molar-refractivity contribution in [3.05, 3.63) is 54.6 Å². The highest BCUT2D eigenvalue weighted by atomic mass is 16.5. The highest BCUT2D eigenvalue weighted by Crippen LogP contribution is 2.27. The van der Waals surface area contributed by atoms with Crippen molar-refractivity contribution in [3.63, 3.8) is 0 Å². The SMILES string of the molecule is c1ccc(Nc2noc(-c3cccc(N4CCCC4)c3)n2)cc1. The Morgan fingerprint density at radius 3 is 2.61 bits per heavy atom. The highest BCUT2D eigenvalue weighted by Gasteiger charge is 2.14. The lowest BCUT2D eigenvalue weighted by Crippen LogP contribution is -2.17. The molecule has 1 N–H and O–H groups in total. The van der Waals surface area contributed by atoms with E-state index in [9.17, 15) is 0 Å². The van der Waals surface area contributed by atoms with E-state index in [1.165, 1.54) is 18.5 Å². The van der Waals surface area contributed by atoms with Crippen LogP contribution in [0, 0.1) is 0 Å². The minimum atomic E-state index is 0.470. The van der Waals surface area contributed by atoms with E-state index in [1.807, 2.05) is 42.5 Å². The van der Waals surface area contributed by atoms with Crippen molar-refractivity contribution in [1.29, 1.82) is 0 Å². The van der Waals surface area contributed by atoms with E-state index < -0.39 is 0 Å². The number of anilines is 3. The molecule has 116 valence electrons. The van der Waals surface area contributed by atoms with E-state index in [0.717, 1.165) is 24.3 Å². The number of aromatic nitrogens is 2. The maximum absolute atomic E-state index is 5.40. The number of hydrogen-bond acceptors (Lipinski definition) is 5. The van der Waals surface area contributed by atoms with Crippen LogP contribution in [0.5, 0.6) is 0 Å². The van der Waals surface area contributed by atoms with Crippen LogP contribution in [0.25, 0.3) is 11.5 Å². The molecule has 1 saturated heterocycles. The standard InChI is InChI=1S/C18H18N4O/c1-2-8-15(9-3-1)19-18-20-17(23-21-18)14-7-6-10-16(13-14)22-11-4-5-12-22/h1-3,6-10,13H,4-5,11-12H2,(H,19,21). The first kappa shape index (κ1) is 13.8. The molecule has 1 aromatic heterocycles. The smallest absolute Gasteiger partial charge is 0.268 e. The van der Waals surface area contributed by atoms with E-state index in [1.54, 1.807) is 0 Å². The first-order valence-electron chi connectivity index (χ1n) is 7.90. The third kappa shape index (κ3) is 3.04. The number of nitrogens with zero attached hydrogens (tertiary/aromatic N) is 3. The van der Waals surface area contributed by atoms with E-state index in [0.29, 0.717) is 11.8 Å². The van der Waals surface area contributed by atoms with Crippen molar-refractivity contribution >= 4 is 17.3 Å². The minimum Gasteiger partial charge on any atom is -0.372 e. The molecule has 0 bridgehead atoms. The van der Waals surface area contributed by atoms with Crippen LogP contribution in [-0.2, 0) is 0 Å². The second-order valence-electron chi connectivity index (χ2n) is 5.66. The molecular formula is C18H18N4O. The summed E-state index contributed by atoms with van der Waals surface area (Å²) in [6.45, 7) is 2.24. The van der Waals surface area contributed by atoms with Crippen LogP contribution >= 0.6 is 0 Å². The fraction of sp³-hybridized carbons (Fsp3) is 0.222. The molecule has 0 radical (unpaired) electrons. The van der Waals surface area contributed by atoms with Crippen molar-refractivity contribution in [2.75, 3.05) is 23.3 Å². The van der Waals surface area contributed by atoms with Gasteiger partial charge >= 0.3 is 0 Å². The summed E-state index contributed by atoms with van der Waals surface area (Å²) in [6.07, 6.45) is 2.52. The first-order valence-corrected chi connectivity index (χ1v) is 7.90. The molecule has 2 aromatic carbocycles. The molecule has 3 aromatic rings. The topological polar surface area (TPSA) is 54.2 Å². The molecule has 0 amide bonds. The van der Waals surface area contributed by atoms with Gasteiger partial charge in [-0.15, -0.1) is 0 Å². The van der Waals surface area contributed by atoms with Crippen LogP contribution in [0.2, 0.25) is 0 Å². The van der Waals surface area contributed by atoms with E-state index >= 15 is 0 Å². The Bertz CT molecular complexity index is 778. The lowest BCUT2D eigenvalue weighted by atomic mass is 10.2. The van der Waals surface area contributed by atoms with Gasteiger partial charge in [-0.2, -0.15) is 4.98 Å². The zero-order chi connectivity index (χ0) is 15.5. The molecule has 0 aliphatic carbocycles. The van der Waals surface area contributed by atoms with Crippen LogP contribution in [0.1, 0.15) is 12.8 Å². The summed E-state index contributed by atoms with van der Waals surface area (Å²) >= 11 is 0. The molecule has 2 heterocycles. The molecule has 0 unspecified atom stereocenters. The van der Waals surface area contributed by atoms with Gasteiger partial charge in [0.2, 0.25) is 0 Å². The Morgan fingerprint density at radius 1 is 0.957 bits per heavy atom. The third-order valence-electron chi connectivity index (χ3n) is 4.02. The van der Waals surface area contributed by atoms with Gasteiger partial charge in [0.05, 0.1) is 0 Å². The van der Waals surface area contributed by atoms with Crippen LogP contribution in [0.4, 0.5) is 17.3 Å². The Balaban J connectivity index is 1.55. The molecule has 1 aliphatic heterocycles. The molecule has 5 heteroatoms. The van der Waals surface area contributed by atoms with Crippen LogP contribution < -0.4 is 10.2 Å². The molecule has 0 atom stereocenters. The predicted octanol–water partition coefficient (Wildman–Crippen LogP) is 4.08. The molecular weight excluding hydrogens is 288 g/mol. The van der Waals surface area contributed by atoms with Gasteiger partial charge in [-0.25, -0.2) is 0 Å². The zero-order valence-electron chi connectivity index (χ0n) is 12.8. The molecule has 0 saturated carbocycles. The summed E-state index contributed by atoms with van der Waals surface area (Å²) in [5, 5.41) is 7.14. The van der Waals surface area contributed by atoms with Crippen LogP contribution in [0.3, 0.4) is 0 Å². The summed E-state index contributed by atoms with van der Waals surface area (Å²) < 4.78 is 5.40. The molecule has 0 spiro atoms. The molecule has 5 nitrogen and oxygen atoms in total. The van der Waals surface area contributed by atoms with Crippen molar-refractivity contribution in [2.24, 2.45) is 0 Å². The molecule has 4 rings (SSSR count). The van der Waals surface area contributed by atoms with Gasteiger partial charge in [0.25, 0.3) is 11.8 Å². The van der Waals surface area contributed by atoms with E-state index in [-0.39, 0.29) is 0 Å². The average Bonchev–Trinajstić information content (AvgIpc) is 3.28. The lowest BCUT2D eigenvalue weighted by molar-refractivity contribution is 0.433. The van der Waals surface area contributed by atoms with Gasteiger partial charge in [-0.1, -0.05) is 24.3 Å². The van der Waals surface area contributed by atoms with Gasteiger partial charge < -0.3 is 14.7 Å². The maximum atomic E-state index is 5.40. The lowest BCUT2D eigenvalue weighted by Gasteiger charge is -2.17. The van der Waals surface area contributed by atoms with Gasteiger partial charge in [-0.05, 0) is 48.3 Å². The number of benzene rings is 2. The van der Waals surface area contributed by atoms with Crippen molar-refractivity contribution in [2.45, 2.75) is 12.8 Å². The Kier molecular flexibility index (Phi) is 3.68. The van der Waals surface area contributed by atoms with Crippen LogP contribution in [0.15, 0.2) is 59.1 Å². The maximum Gasteiger partial charge on any atom is 0.268 e. The predicted molar refractivity (Wildman–Crippen MR) is 90.9 cm³/mol. The highest BCUT2D eigenvalue weighted by molar-refractivity contribution is 5.63. The molecule has 1 fully saturated rings. The minimum absolute atomic E-state index is 0.470. The largest absolute Gasteiger partial charge is 0.372 e. The fourth-order valence-corrected chi connectivity index (χ4v) is 2.85. The van der Waals surface area contributed by atoms with Gasteiger partial charge in [-0.3, -0.25) is 0 Å².